The molecule has 0 saturated carbocycles. The van der Waals surface area contributed by atoms with E-state index in [0.717, 1.165) is 43.3 Å². The van der Waals surface area contributed by atoms with Crippen LogP contribution in [0, 0.1) is 5.92 Å². The van der Waals surface area contributed by atoms with Gasteiger partial charge in [0, 0.05) is 39.6 Å². The molecule has 0 radical (unpaired) electrons. The molecule has 12 rings (SSSR count). The van der Waals surface area contributed by atoms with Gasteiger partial charge in [0.1, 0.15) is 5.58 Å². The first-order valence-corrected chi connectivity index (χ1v) is 27.5. The molecule has 1 atom stereocenters. The van der Waals surface area contributed by atoms with Crippen molar-refractivity contribution in [3.8, 4) is 0 Å². The molecule has 0 N–H and O–H groups in total. The van der Waals surface area contributed by atoms with E-state index in [-0.39, 0.29) is 39.2 Å². The first-order chi connectivity index (χ1) is 33.9. The summed E-state index contributed by atoms with van der Waals surface area (Å²) in [5.74, 6) is 0.393. The number of furan rings is 1. The molecule has 0 bridgehead atoms. The highest BCUT2D eigenvalue weighted by Crippen LogP contribution is 2.54. The van der Waals surface area contributed by atoms with Crippen LogP contribution in [0.2, 0.25) is 0 Å². The predicted octanol–water partition coefficient (Wildman–Crippen LogP) is 17.0. The minimum Gasteiger partial charge on any atom is -0.468 e. The Morgan fingerprint density at radius 1 is 0.569 bits per heavy atom. The Morgan fingerprint density at radius 3 is 1.83 bits per heavy atom. The van der Waals surface area contributed by atoms with Gasteiger partial charge in [0.2, 0.25) is 0 Å². The molecule has 2 aliphatic heterocycles. The topological polar surface area (TPSA) is 19.6 Å². The number of nitrogens with zero attached hydrogens (tertiary/aromatic N) is 2. The monoisotopic (exact) mass is 949 g/mol. The van der Waals surface area contributed by atoms with Crippen molar-refractivity contribution < 1.29 is 4.42 Å². The smallest absolute Gasteiger partial charge is 0.297 e. The predicted molar refractivity (Wildman–Crippen MR) is 310 cm³/mol. The minimum atomic E-state index is -0.123. The summed E-state index contributed by atoms with van der Waals surface area (Å²) in [5.41, 5.74) is 24.7. The van der Waals surface area contributed by atoms with Gasteiger partial charge in [0.05, 0.1) is 17.0 Å². The van der Waals surface area contributed by atoms with Crippen LogP contribution in [0.4, 0.5) is 34.1 Å². The lowest BCUT2D eigenvalue weighted by Gasteiger charge is -2.47. The van der Waals surface area contributed by atoms with Crippen molar-refractivity contribution in [1.82, 2.24) is 0 Å². The van der Waals surface area contributed by atoms with Gasteiger partial charge in [0.15, 0.2) is 0 Å². The van der Waals surface area contributed by atoms with Crippen LogP contribution in [0.1, 0.15) is 181 Å². The molecule has 1 unspecified atom stereocenters. The number of benzene rings is 5. The van der Waals surface area contributed by atoms with E-state index in [1.54, 1.807) is 0 Å². The first kappa shape index (κ1) is 47.3. The molecule has 0 saturated heterocycles. The van der Waals surface area contributed by atoms with Crippen LogP contribution in [0.15, 0.2) is 131 Å². The van der Waals surface area contributed by atoms with Crippen molar-refractivity contribution in [3.05, 3.63) is 166 Å². The summed E-state index contributed by atoms with van der Waals surface area (Å²) in [4.78, 5) is 5.29. The Balaban J connectivity index is 1.16. The maximum absolute atomic E-state index is 7.56. The number of hydrogen-bond donors (Lipinski definition) is 0. The first-order valence-electron chi connectivity index (χ1n) is 27.5. The Kier molecular flexibility index (Phi) is 10.4. The van der Waals surface area contributed by atoms with Gasteiger partial charge in [-0.3, -0.25) is 0 Å². The summed E-state index contributed by atoms with van der Waals surface area (Å²) in [6.45, 7) is 33.6. The van der Waals surface area contributed by atoms with Gasteiger partial charge in [-0.1, -0.05) is 164 Å². The zero-order valence-corrected chi connectivity index (χ0v) is 46.0. The number of anilines is 6. The summed E-state index contributed by atoms with van der Waals surface area (Å²) in [6.07, 6.45) is 22.5. The van der Waals surface area contributed by atoms with Gasteiger partial charge in [-0.15, -0.1) is 0 Å². The number of allylic oxidation sites excluding steroid dienone is 8. The quantitative estimate of drug-likeness (QED) is 0.164. The highest BCUT2D eigenvalue weighted by Gasteiger charge is 2.50. The molecule has 4 aliphatic carbocycles. The van der Waals surface area contributed by atoms with Crippen LogP contribution < -0.4 is 26.4 Å². The lowest BCUT2D eigenvalue weighted by atomic mass is 9.35. The third-order valence-electron chi connectivity index (χ3n) is 18.5. The van der Waals surface area contributed by atoms with Gasteiger partial charge in [-0.05, 0) is 187 Å². The molecule has 0 spiro atoms. The molecule has 3 nitrogen and oxygen atoms in total. The van der Waals surface area contributed by atoms with Gasteiger partial charge >= 0.3 is 0 Å². The van der Waals surface area contributed by atoms with E-state index in [9.17, 15) is 0 Å². The van der Waals surface area contributed by atoms with Gasteiger partial charge in [-0.25, -0.2) is 0 Å². The molecule has 4 heteroatoms. The largest absolute Gasteiger partial charge is 0.468 e. The zero-order valence-electron chi connectivity index (χ0n) is 46.0. The van der Waals surface area contributed by atoms with Crippen LogP contribution in [-0.2, 0) is 32.5 Å². The number of fused-ring (bicyclic) bond motifs is 8. The van der Waals surface area contributed by atoms with Gasteiger partial charge in [0.25, 0.3) is 6.71 Å². The molecular formula is C68H77BN2O. The zero-order chi connectivity index (χ0) is 50.7. The fourth-order valence-electron chi connectivity index (χ4n) is 13.6. The van der Waals surface area contributed by atoms with E-state index >= 15 is 0 Å². The molecule has 368 valence electrons. The van der Waals surface area contributed by atoms with Crippen molar-refractivity contribution in [3.63, 3.8) is 0 Å². The third kappa shape index (κ3) is 7.33. The second-order valence-electron chi connectivity index (χ2n) is 27.3. The average Bonchev–Trinajstić information content (AvgIpc) is 3.72. The Morgan fingerprint density at radius 2 is 1.19 bits per heavy atom. The molecule has 1 aromatic heterocycles. The summed E-state index contributed by atoms with van der Waals surface area (Å²) in [7, 11) is 0. The lowest BCUT2D eigenvalue weighted by Crippen LogP contribution is -2.61. The SMILES string of the molecule is CC(C)(C)c1ccc(N2c3cccc4c3B(c3cc5c(cc3N4c3ccc4c(c3)C(C)(C)CCC4(C)C)C(C)(C)CCC5(C)C)c3oc4ccc(C(C)(C)C)cc4c32)c(C2=CCC(C3=CCCC=C3)C=C2)c1. The van der Waals surface area contributed by atoms with Crippen molar-refractivity contribution in [2.75, 3.05) is 9.80 Å². The Bertz CT molecular complexity index is 3380. The molecule has 0 fully saturated rings. The van der Waals surface area contributed by atoms with E-state index in [4.69, 9.17) is 4.42 Å². The molecule has 0 amide bonds. The van der Waals surface area contributed by atoms with Crippen LogP contribution in [0.3, 0.4) is 0 Å². The van der Waals surface area contributed by atoms with Crippen molar-refractivity contribution in [2.45, 2.75) is 174 Å². The summed E-state index contributed by atoms with van der Waals surface area (Å²) >= 11 is 0. The van der Waals surface area contributed by atoms with Gasteiger partial charge in [-0.2, -0.15) is 0 Å². The van der Waals surface area contributed by atoms with Crippen molar-refractivity contribution in [2.24, 2.45) is 5.92 Å². The fraction of sp³-hybridized carbons (Fsp3) is 0.412. The van der Waals surface area contributed by atoms with E-state index in [0.29, 0.717) is 5.92 Å². The van der Waals surface area contributed by atoms with Crippen LogP contribution in [0.5, 0.6) is 0 Å². The van der Waals surface area contributed by atoms with Crippen LogP contribution >= 0.6 is 0 Å². The average molecular weight is 949 g/mol. The summed E-state index contributed by atoms with van der Waals surface area (Å²) < 4.78 is 7.56. The highest BCUT2D eigenvalue weighted by atomic mass is 16.3. The highest BCUT2D eigenvalue weighted by molar-refractivity contribution is 7.00. The van der Waals surface area contributed by atoms with Gasteiger partial charge < -0.3 is 14.2 Å². The Hall–Kier alpha value is -5.74. The minimum absolute atomic E-state index is 0.0265. The summed E-state index contributed by atoms with van der Waals surface area (Å²) in [6, 6.07) is 34.3. The van der Waals surface area contributed by atoms with E-state index in [1.807, 2.05) is 0 Å². The summed E-state index contributed by atoms with van der Waals surface area (Å²) in [5, 5.41) is 1.17. The maximum atomic E-state index is 7.56. The molecule has 5 aromatic carbocycles. The van der Waals surface area contributed by atoms with E-state index < -0.39 is 0 Å². The molecular weight excluding hydrogens is 872 g/mol. The van der Waals surface area contributed by atoms with Crippen LogP contribution in [-0.4, -0.2) is 6.71 Å². The lowest BCUT2D eigenvalue weighted by molar-refractivity contribution is 0.332. The molecule has 6 aliphatic rings. The van der Waals surface area contributed by atoms with E-state index in [1.165, 1.54) is 113 Å². The standard InChI is InChI=1S/C68H77BN2O/c1-63(2,3)45-27-31-55(48(37-45)44-25-23-43(24-26-44)42-19-16-15-17-20-42)71-57-22-18-21-56-60(57)69(62-61(71)49-38-46(64(4,5)6)28-32-59(49)72-62)54-40-52-53(68(13,14)36-35-67(52,11)12)41-58(54)70(56)47-29-30-50-51(39-47)66(9,10)34-33-65(50,7)8/h16,18-23,25-32,37-41,43H,15,17,24,33-36H2,1-14H3. The Labute approximate surface area is 432 Å². The molecule has 72 heavy (non-hydrogen) atoms. The molecule has 3 heterocycles. The fourth-order valence-corrected chi connectivity index (χ4v) is 13.6. The number of rotatable bonds is 4. The molecule has 6 aromatic rings. The third-order valence-corrected chi connectivity index (χ3v) is 18.5. The second-order valence-corrected chi connectivity index (χ2v) is 27.3. The maximum Gasteiger partial charge on any atom is 0.297 e. The normalized spacial score (nSPS) is 21.1. The van der Waals surface area contributed by atoms with Crippen molar-refractivity contribution >= 4 is 74.0 Å². The van der Waals surface area contributed by atoms with Crippen molar-refractivity contribution in [1.29, 1.82) is 0 Å². The van der Waals surface area contributed by atoms with E-state index in [2.05, 4.69) is 228 Å². The second kappa shape index (κ2) is 15.9. The van der Waals surface area contributed by atoms with Crippen LogP contribution in [0.25, 0.3) is 16.5 Å². The number of hydrogen-bond acceptors (Lipinski definition) is 3.